The Morgan fingerprint density at radius 2 is 0.875 bits per heavy atom. The van der Waals surface area contributed by atoms with Crippen LogP contribution in [0, 0.1) is 6.92 Å². The van der Waals surface area contributed by atoms with E-state index in [1.165, 1.54) is 124 Å². The van der Waals surface area contributed by atoms with Gasteiger partial charge in [-0.3, -0.25) is 0 Å². The number of nitrogens with zero attached hydrogens (tertiary/aromatic N) is 2. The van der Waals surface area contributed by atoms with Crippen LogP contribution in [0.15, 0.2) is 164 Å². The van der Waals surface area contributed by atoms with Crippen LogP contribution in [0.25, 0.3) is 33.4 Å². The Hall–Kier alpha value is -6.58. The molecule has 0 radical (unpaired) electrons. The van der Waals surface area contributed by atoms with Crippen molar-refractivity contribution in [1.82, 2.24) is 0 Å². The Balaban J connectivity index is 1.18. The molecule has 72 heavy (non-hydrogen) atoms. The van der Waals surface area contributed by atoms with E-state index in [2.05, 4.69) is 257 Å². The van der Waals surface area contributed by atoms with Crippen LogP contribution in [0.4, 0.5) is 34.1 Å². The molecular weight excluding hydrogens is 868 g/mol. The van der Waals surface area contributed by atoms with Crippen molar-refractivity contribution in [3.63, 3.8) is 0 Å². The third kappa shape index (κ3) is 7.43. The molecule has 0 unspecified atom stereocenters. The highest BCUT2D eigenvalue weighted by Crippen LogP contribution is 2.53. The number of rotatable bonds is 5. The third-order valence-corrected chi connectivity index (χ3v) is 17.8. The second-order valence-corrected chi connectivity index (χ2v) is 25.6. The van der Waals surface area contributed by atoms with E-state index >= 15 is 0 Å². The highest BCUT2D eigenvalue weighted by Gasteiger charge is 2.47. The van der Waals surface area contributed by atoms with Gasteiger partial charge in [0.15, 0.2) is 0 Å². The predicted molar refractivity (Wildman–Crippen MR) is 311 cm³/mol. The zero-order valence-corrected chi connectivity index (χ0v) is 44.9. The van der Waals surface area contributed by atoms with Gasteiger partial charge in [0.2, 0.25) is 0 Å². The molecule has 0 fully saturated rings. The summed E-state index contributed by atoms with van der Waals surface area (Å²) in [6, 6.07) is 63.6. The maximum Gasteiger partial charge on any atom is 0.252 e. The Labute approximate surface area is 431 Å². The molecule has 0 N–H and O–H groups in total. The Morgan fingerprint density at radius 1 is 0.389 bits per heavy atom. The van der Waals surface area contributed by atoms with E-state index in [4.69, 9.17) is 0 Å². The average molecular weight is 939 g/mol. The molecule has 0 saturated heterocycles. The van der Waals surface area contributed by atoms with Gasteiger partial charge in [0, 0.05) is 34.0 Å². The molecule has 8 aromatic carbocycles. The van der Waals surface area contributed by atoms with E-state index in [9.17, 15) is 0 Å². The van der Waals surface area contributed by atoms with Crippen molar-refractivity contribution in [2.75, 3.05) is 9.80 Å². The maximum atomic E-state index is 2.72. The minimum atomic E-state index is -0.0401. The van der Waals surface area contributed by atoms with Gasteiger partial charge < -0.3 is 9.80 Å². The largest absolute Gasteiger partial charge is 0.311 e. The molecule has 360 valence electrons. The Morgan fingerprint density at radius 3 is 1.49 bits per heavy atom. The molecule has 2 aliphatic heterocycles. The van der Waals surface area contributed by atoms with Crippen molar-refractivity contribution in [2.24, 2.45) is 0 Å². The highest BCUT2D eigenvalue weighted by molar-refractivity contribution is 7.00. The molecule has 0 amide bonds. The van der Waals surface area contributed by atoms with Crippen LogP contribution in [0.2, 0.25) is 0 Å². The predicted octanol–water partition coefficient (Wildman–Crippen LogP) is 17.1. The average Bonchev–Trinajstić information content (AvgIpc) is 3.36. The summed E-state index contributed by atoms with van der Waals surface area (Å²) in [7, 11) is 0. The molecule has 0 atom stereocenters. The van der Waals surface area contributed by atoms with Crippen LogP contribution in [-0.2, 0) is 27.1 Å². The van der Waals surface area contributed by atoms with Crippen LogP contribution in [0.3, 0.4) is 0 Å². The van der Waals surface area contributed by atoms with Gasteiger partial charge in [0.05, 0.1) is 5.69 Å². The SMILES string of the molecule is Cc1cc2c3c(c1)N(c1ccc(C(C)(C)C)cc1-c1ccc4c(c1)C(C)(C)CCC4(C)C)c1cc4c(cc1B3c1cc(-c3ccccc3)ccc1N2c1ccc(-c2ccccc2)cc1)C(C)(C)CCC4(C)C. The molecule has 2 nitrogen and oxygen atoms in total. The third-order valence-electron chi connectivity index (χ3n) is 17.8. The summed E-state index contributed by atoms with van der Waals surface area (Å²) in [6.45, 7) is 29.1. The van der Waals surface area contributed by atoms with Crippen molar-refractivity contribution in [2.45, 2.75) is 136 Å². The van der Waals surface area contributed by atoms with Gasteiger partial charge in [-0.25, -0.2) is 0 Å². The normalized spacial score (nSPS) is 17.6. The van der Waals surface area contributed by atoms with Gasteiger partial charge in [0.25, 0.3) is 6.71 Å². The lowest BCUT2D eigenvalue weighted by Gasteiger charge is -2.48. The van der Waals surface area contributed by atoms with E-state index in [1.807, 2.05) is 0 Å². The van der Waals surface area contributed by atoms with Crippen LogP contribution >= 0.6 is 0 Å². The summed E-state index contributed by atoms with van der Waals surface area (Å²) < 4.78 is 0. The van der Waals surface area contributed by atoms with Crippen LogP contribution in [-0.4, -0.2) is 6.71 Å². The molecule has 0 aromatic heterocycles. The zero-order chi connectivity index (χ0) is 50.3. The smallest absolute Gasteiger partial charge is 0.252 e. The summed E-state index contributed by atoms with van der Waals surface area (Å²) >= 11 is 0. The van der Waals surface area contributed by atoms with Crippen molar-refractivity contribution in [1.29, 1.82) is 0 Å². The lowest BCUT2D eigenvalue weighted by atomic mass is 9.33. The summed E-state index contributed by atoms with van der Waals surface area (Å²) in [6.07, 6.45) is 4.69. The number of hydrogen-bond acceptors (Lipinski definition) is 2. The fourth-order valence-electron chi connectivity index (χ4n) is 13.2. The standard InChI is InChI=1S/C69H71BN2/c1-44-37-62-64-63(38-44)72(59-32-27-50(65(2,3)4)41-52(59)49-25-30-53-54(39-49)67(7,8)34-33-66(53,5)6)61-43-56-55(68(9,10)35-36-69(56,11)12)42-58(61)70(64)57-40-48(46-21-17-14-18-22-46)26-31-60(57)71(62)51-28-23-47(24-29-51)45-19-15-13-16-20-45/h13-32,37-43H,33-36H2,1-12H3. The van der Waals surface area contributed by atoms with Crippen molar-refractivity contribution in [3.8, 4) is 33.4 Å². The van der Waals surface area contributed by atoms with Gasteiger partial charge in [-0.2, -0.15) is 0 Å². The number of fused-ring (bicyclic) bond motifs is 6. The molecular formula is C69H71BN2. The van der Waals surface area contributed by atoms with Crippen LogP contribution < -0.4 is 26.2 Å². The van der Waals surface area contributed by atoms with E-state index in [0.717, 1.165) is 18.5 Å². The van der Waals surface area contributed by atoms with E-state index in [1.54, 1.807) is 0 Å². The van der Waals surface area contributed by atoms with E-state index in [0.29, 0.717) is 0 Å². The first-order valence-corrected chi connectivity index (χ1v) is 26.8. The number of anilines is 6. The summed E-state index contributed by atoms with van der Waals surface area (Å²) in [5, 5.41) is 0. The monoisotopic (exact) mass is 939 g/mol. The molecule has 8 aromatic rings. The van der Waals surface area contributed by atoms with Gasteiger partial charge in [-0.1, -0.05) is 191 Å². The molecule has 0 bridgehead atoms. The fourth-order valence-corrected chi connectivity index (χ4v) is 13.2. The minimum Gasteiger partial charge on any atom is -0.311 e. The fraction of sp³-hybridized carbons (Fsp3) is 0.304. The molecule has 4 aliphatic rings. The van der Waals surface area contributed by atoms with Crippen molar-refractivity contribution in [3.05, 3.63) is 197 Å². The lowest BCUT2D eigenvalue weighted by molar-refractivity contribution is 0.332. The lowest BCUT2D eigenvalue weighted by Crippen LogP contribution is -2.62. The van der Waals surface area contributed by atoms with E-state index in [-0.39, 0.29) is 33.8 Å². The van der Waals surface area contributed by atoms with Crippen LogP contribution in [0.1, 0.15) is 135 Å². The van der Waals surface area contributed by atoms with E-state index < -0.39 is 0 Å². The van der Waals surface area contributed by atoms with Gasteiger partial charge in [-0.05, 0) is 186 Å². The van der Waals surface area contributed by atoms with Crippen LogP contribution in [0.5, 0.6) is 0 Å². The Kier molecular flexibility index (Phi) is 10.5. The Bertz CT molecular complexity index is 3460. The topological polar surface area (TPSA) is 6.48 Å². The first-order valence-electron chi connectivity index (χ1n) is 26.8. The number of aryl methyl sites for hydroxylation is 1. The summed E-state index contributed by atoms with van der Waals surface area (Å²) in [5.41, 5.74) is 27.8. The second-order valence-electron chi connectivity index (χ2n) is 25.6. The molecule has 12 rings (SSSR count). The molecule has 2 heterocycles. The molecule has 0 saturated carbocycles. The van der Waals surface area contributed by atoms with Gasteiger partial charge in [0.1, 0.15) is 0 Å². The maximum absolute atomic E-state index is 2.72. The van der Waals surface area contributed by atoms with Crippen molar-refractivity contribution < 1.29 is 0 Å². The molecule has 0 spiro atoms. The summed E-state index contributed by atoms with van der Waals surface area (Å²) in [4.78, 5) is 5.29. The van der Waals surface area contributed by atoms with Gasteiger partial charge in [-0.15, -0.1) is 0 Å². The number of hydrogen-bond donors (Lipinski definition) is 0. The minimum absolute atomic E-state index is 0.00411. The molecule has 3 heteroatoms. The first-order chi connectivity index (χ1) is 34.2. The van der Waals surface area contributed by atoms with Gasteiger partial charge >= 0.3 is 0 Å². The first kappa shape index (κ1) is 46.5. The summed E-state index contributed by atoms with van der Waals surface area (Å²) in [5.74, 6) is 0. The van der Waals surface area contributed by atoms with Crippen molar-refractivity contribution >= 4 is 57.2 Å². The molecule has 2 aliphatic carbocycles. The number of benzene rings is 8. The zero-order valence-electron chi connectivity index (χ0n) is 44.9. The quantitative estimate of drug-likeness (QED) is 0.159. The second kappa shape index (κ2) is 16.2. The highest BCUT2D eigenvalue weighted by atomic mass is 15.2.